The molecule has 0 aliphatic carbocycles. The van der Waals surface area contributed by atoms with E-state index in [4.69, 9.17) is 23.2 Å². The van der Waals surface area contributed by atoms with E-state index in [0.717, 1.165) is 12.1 Å². The Morgan fingerprint density at radius 2 is 1.80 bits per heavy atom. The summed E-state index contributed by atoms with van der Waals surface area (Å²) in [6.07, 6.45) is -3.40. The van der Waals surface area contributed by atoms with E-state index in [-0.39, 0.29) is 11.1 Å². The van der Waals surface area contributed by atoms with Crippen molar-refractivity contribution in [1.29, 1.82) is 0 Å². The molecule has 0 spiro atoms. The number of alkyl halides is 3. The molecule has 0 bridgehead atoms. The first-order chi connectivity index (χ1) is 14.1. The maximum absolute atomic E-state index is 13.0. The molecule has 2 N–H and O–H groups in total. The number of hydrogen-bond donors (Lipinski definition) is 2. The van der Waals surface area contributed by atoms with Gasteiger partial charge in [-0.15, -0.1) is 0 Å². The minimum absolute atomic E-state index is 0.0549. The number of phenolic OH excluding ortho intramolecular Hbond substituents is 1. The van der Waals surface area contributed by atoms with Crippen LogP contribution in [-0.2, 0) is 6.18 Å². The zero-order valence-corrected chi connectivity index (χ0v) is 16.7. The van der Waals surface area contributed by atoms with Gasteiger partial charge in [-0.1, -0.05) is 29.3 Å². The molecule has 154 valence electrons. The molecule has 2 aromatic heterocycles. The van der Waals surface area contributed by atoms with Gasteiger partial charge in [0.05, 0.1) is 21.2 Å². The van der Waals surface area contributed by atoms with Gasteiger partial charge in [0.15, 0.2) is 5.65 Å². The van der Waals surface area contributed by atoms with E-state index in [1.807, 2.05) is 0 Å². The third kappa shape index (κ3) is 3.32. The van der Waals surface area contributed by atoms with Crippen molar-refractivity contribution in [2.75, 3.05) is 0 Å². The fraction of sp³-hybridized carbons (Fsp3) is 0.100. The SMILES string of the molecule is Cc1[nH]n2c(=O)c(-c3ccc(C(F)(F)F)cc3O)cnc2c1-c1ccc(Cl)c(Cl)c1. The number of phenols is 1. The van der Waals surface area contributed by atoms with Crippen LogP contribution in [0.3, 0.4) is 0 Å². The molecule has 5 nitrogen and oxygen atoms in total. The number of halogens is 5. The van der Waals surface area contributed by atoms with Crippen LogP contribution in [0.1, 0.15) is 11.3 Å². The molecule has 2 heterocycles. The number of H-pyrrole nitrogens is 1. The molecule has 0 aliphatic heterocycles. The summed E-state index contributed by atoms with van der Waals surface area (Å²) in [7, 11) is 0. The molecular formula is C20H12Cl2F3N3O2. The van der Waals surface area contributed by atoms with Crippen LogP contribution in [0.25, 0.3) is 27.9 Å². The average molecular weight is 454 g/mol. The zero-order valence-electron chi connectivity index (χ0n) is 15.2. The summed E-state index contributed by atoms with van der Waals surface area (Å²) in [5.41, 5.74) is 0.503. The van der Waals surface area contributed by atoms with Crippen molar-refractivity contribution < 1.29 is 18.3 Å². The summed E-state index contributed by atoms with van der Waals surface area (Å²) in [5.74, 6) is -0.670. The van der Waals surface area contributed by atoms with E-state index in [1.54, 1.807) is 25.1 Å². The van der Waals surface area contributed by atoms with Gasteiger partial charge < -0.3 is 5.11 Å². The van der Waals surface area contributed by atoms with Gasteiger partial charge in [-0.05, 0) is 42.8 Å². The first kappa shape index (κ1) is 20.3. The van der Waals surface area contributed by atoms with Crippen molar-refractivity contribution in [2.24, 2.45) is 0 Å². The lowest BCUT2D eigenvalue weighted by Gasteiger charge is -2.10. The smallest absolute Gasteiger partial charge is 0.416 e. The molecule has 4 rings (SSSR count). The highest BCUT2D eigenvalue weighted by Gasteiger charge is 2.31. The Morgan fingerprint density at radius 1 is 1.07 bits per heavy atom. The number of nitrogens with zero attached hydrogens (tertiary/aromatic N) is 2. The second-order valence-corrected chi connectivity index (χ2v) is 7.42. The highest BCUT2D eigenvalue weighted by Crippen LogP contribution is 2.36. The van der Waals surface area contributed by atoms with E-state index in [0.29, 0.717) is 38.6 Å². The first-order valence-electron chi connectivity index (χ1n) is 8.54. The fourth-order valence-corrected chi connectivity index (χ4v) is 3.54. The number of nitrogens with one attached hydrogen (secondary N) is 1. The number of aryl methyl sites for hydroxylation is 1. The van der Waals surface area contributed by atoms with E-state index in [2.05, 4.69) is 10.1 Å². The van der Waals surface area contributed by atoms with E-state index >= 15 is 0 Å². The number of aromatic hydroxyl groups is 1. The molecule has 10 heteroatoms. The number of hydrogen-bond acceptors (Lipinski definition) is 3. The summed E-state index contributed by atoms with van der Waals surface area (Å²) in [5, 5.41) is 13.7. The molecule has 4 aromatic rings. The largest absolute Gasteiger partial charge is 0.507 e. The first-order valence-corrected chi connectivity index (χ1v) is 9.30. The van der Waals surface area contributed by atoms with Crippen molar-refractivity contribution in [3.63, 3.8) is 0 Å². The third-order valence-electron chi connectivity index (χ3n) is 4.66. The van der Waals surface area contributed by atoms with Crippen LogP contribution in [-0.4, -0.2) is 19.7 Å². The standard InChI is InChI=1S/C20H12Cl2F3N3O2/c1-9-17(10-2-5-14(21)15(22)6-10)18-26-8-13(19(30)28(18)27-9)12-4-3-11(7-16(12)29)20(23,24)25/h2-8,27,29H,1H3. The van der Waals surface area contributed by atoms with Gasteiger partial charge in [-0.3, -0.25) is 9.89 Å². The number of fused-ring (bicyclic) bond motifs is 1. The molecular weight excluding hydrogens is 442 g/mol. The molecule has 0 saturated carbocycles. The Balaban J connectivity index is 1.89. The second-order valence-electron chi connectivity index (χ2n) is 6.61. The monoisotopic (exact) mass is 453 g/mol. The molecule has 30 heavy (non-hydrogen) atoms. The predicted octanol–water partition coefficient (Wildman–Crippen LogP) is 5.70. The van der Waals surface area contributed by atoms with E-state index in [1.165, 1.54) is 10.7 Å². The molecule has 0 atom stereocenters. The van der Waals surface area contributed by atoms with Crippen LogP contribution in [0, 0.1) is 6.92 Å². The molecule has 0 unspecified atom stereocenters. The fourth-order valence-electron chi connectivity index (χ4n) is 3.24. The van der Waals surface area contributed by atoms with Gasteiger partial charge in [0.1, 0.15) is 5.75 Å². The maximum atomic E-state index is 13.0. The van der Waals surface area contributed by atoms with Gasteiger partial charge in [-0.25, -0.2) is 9.50 Å². The minimum Gasteiger partial charge on any atom is -0.507 e. The number of rotatable bonds is 2. The van der Waals surface area contributed by atoms with Crippen molar-refractivity contribution in [1.82, 2.24) is 14.6 Å². The summed E-state index contributed by atoms with van der Waals surface area (Å²) in [4.78, 5) is 17.3. The summed E-state index contributed by atoms with van der Waals surface area (Å²) in [6, 6.07) is 7.40. The van der Waals surface area contributed by atoms with Crippen molar-refractivity contribution >= 4 is 28.8 Å². The Bertz CT molecular complexity index is 1360. The summed E-state index contributed by atoms with van der Waals surface area (Å²) < 4.78 is 39.7. The Morgan fingerprint density at radius 3 is 2.43 bits per heavy atom. The minimum atomic E-state index is -4.61. The lowest BCUT2D eigenvalue weighted by molar-refractivity contribution is -0.137. The topological polar surface area (TPSA) is 70.4 Å². The Hall–Kier alpha value is -2.97. The average Bonchev–Trinajstić information content (AvgIpc) is 3.01. The predicted molar refractivity (Wildman–Crippen MR) is 108 cm³/mol. The normalized spacial score (nSPS) is 11.9. The van der Waals surface area contributed by atoms with Crippen LogP contribution in [0.2, 0.25) is 10.0 Å². The summed E-state index contributed by atoms with van der Waals surface area (Å²) in [6.45, 7) is 1.74. The highest BCUT2D eigenvalue weighted by molar-refractivity contribution is 6.42. The summed E-state index contributed by atoms with van der Waals surface area (Å²) >= 11 is 12.1. The van der Waals surface area contributed by atoms with Crippen LogP contribution >= 0.6 is 23.2 Å². The molecule has 0 saturated heterocycles. The second kappa shape index (κ2) is 7.07. The van der Waals surface area contributed by atoms with Crippen LogP contribution < -0.4 is 5.56 Å². The van der Waals surface area contributed by atoms with Gasteiger partial charge in [-0.2, -0.15) is 13.2 Å². The molecule has 2 aromatic carbocycles. The lowest BCUT2D eigenvalue weighted by Crippen LogP contribution is -2.17. The molecule has 0 aliphatic rings. The lowest BCUT2D eigenvalue weighted by atomic mass is 10.0. The Kier molecular flexibility index (Phi) is 4.79. The van der Waals surface area contributed by atoms with Gasteiger partial charge in [0.25, 0.3) is 5.56 Å². The quantitative estimate of drug-likeness (QED) is 0.409. The Labute approximate surface area is 177 Å². The highest BCUT2D eigenvalue weighted by atomic mass is 35.5. The van der Waals surface area contributed by atoms with E-state index < -0.39 is 23.0 Å². The van der Waals surface area contributed by atoms with Crippen LogP contribution in [0.4, 0.5) is 13.2 Å². The molecule has 0 fully saturated rings. The van der Waals surface area contributed by atoms with Crippen LogP contribution in [0.15, 0.2) is 47.4 Å². The van der Waals surface area contributed by atoms with Crippen molar-refractivity contribution in [2.45, 2.75) is 13.1 Å². The number of aromatic amines is 1. The van der Waals surface area contributed by atoms with Gasteiger partial charge in [0, 0.05) is 23.0 Å². The van der Waals surface area contributed by atoms with Crippen molar-refractivity contribution in [3.05, 3.63) is 74.3 Å². The molecule has 0 amide bonds. The van der Waals surface area contributed by atoms with Crippen LogP contribution in [0.5, 0.6) is 5.75 Å². The third-order valence-corrected chi connectivity index (χ3v) is 5.40. The maximum Gasteiger partial charge on any atom is 0.416 e. The van der Waals surface area contributed by atoms with Gasteiger partial charge in [0.2, 0.25) is 0 Å². The van der Waals surface area contributed by atoms with Crippen molar-refractivity contribution in [3.8, 4) is 28.0 Å². The zero-order chi connectivity index (χ0) is 21.8. The number of aromatic nitrogens is 3. The van der Waals surface area contributed by atoms with Gasteiger partial charge >= 0.3 is 6.18 Å². The number of benzene rings is 2. The molecule has 0 radical (unpaired) electrons. The van der Waals surface area contributed by atoms with E-state index in [9.17, 15) is 23.1 Å².